The topological polar surface area (TPSA) is 156 Å². The second-order valence-corrected chi connectivity index (χ2v) is 10.2. The molecule has 1 atom stereocenters. The SMILES string of the molecule is Cc1cc(NC(=O)C(C)Sc2cccc(NC(=O)/C(=C\c3ccccc3[N+](=O)[O-])NC(=O)c3ccccc3)c2)no1. The lowest BCUT2D eigenvalue weighted by molar-refractivity contribution is -0.385. The molecule has 0 radical (unpaired) electrons. The molecule has 208 valence electrons. The second kappa shape index (κ2) is 13.2. The van der Waals surface area contributed by atoms with Crippen molar-refractivity contribution in [2.75, 3.05) is 10.6 Å². The lowest BCUT2D eigenvalue weighted by Crippen LogP contribution is -2.30. The number of para-hydroxylation sites is 1. The summed E-state index contributed by atoms with van der Waals surface area (Å²) >= 11 is 1.26. The molecule has 41 heavy (non-hydrogen) atoms. The van der Waals surface area contributed by atoms with Crippen LogP contribution in [0.4, 0.5) is 17.2 Å². The van der Waals surface area contributed by atoms with Crippen molar-refractivity contribution in [2.24, 2.45) is 0 Å². The van der Waals surface area contributed by atoms with Gasteiger partial charge >= 0.3 is 0 Å². The number of nitro groups is 1. The van der Waals surface area contributed by atoms with Gasteiger partial charge in [0, 0.05) is 28.3 Å². The maximum Gasteiger partial charge on any atom is 0.276 e. The lowest BCUT2D eigenvalue weighted by Gasteiger charge is -2.13. The summed E-state index contributed by atoms with van der Waals surface area (Å²) in [6.07, 6.45) is 1.25. The standard InChI is InChI=1S/C29H25N5O6S/c1-18-15-26(33-40-18)32-27(35)19(2)41-23-13-8-12-22(17-23)30-29(37)24(31-28(36)20-9-4-3-5-10-20)16-21-11-6-7-14-25(21)34(38)39/h3-17,19H,1-2H3,(H,30,37)(H,31,36)(H,32,33,35)/b24-16+. The van der Waals surface area contributed by atoms with E-state index in [1.807, 2.05) is 0 Å². The van der Waals surface area contributed by atoms with E-state index in [-0.39, 0.29) is 22.9 Å². The van der Waals surface area contributed by atoms with Crippen LogP contribution in [0.3, 0.4) is 0 Å². The molecular weight excluding hydrogens is 546 g/mol. The third-order valence-corrected chi connectivity index (χ3v) is 6.71. The van der Waals surface area contributed by atoms with E-state index >= 15 is 0 Å². The van der Waals surface area contributed by atoms with Gasteiger partial charge in [-0.25, -0.2) is 0 Å². The summed E-state index contributed by atoms with van der Waals surface area (Å²) in [5.41, 5.74) is 0.421. The number of benzene rings is 3. The molecule has 0 spiro atoms. The summed E-state index contributed by atoms with van der Waals surface area (Å²) in [5.74, 6) is -0.648. The number of rotatable bonds is 10. The van der Waals surface area contributed by atoms with Gasteiger partial charge in [0.1, 0.15) is 11.5 Å². The molecule has 0 bridgehead atoms. The van der Waals surface area contributed by atoms with Crippen LogP contribution >= 0.6 is 11.8 Å². The first-order chi connectivity index (χ1) is 19.7. The molecule has 0 fully saturated rings. The minimum atomic E-state index is -0.693. The maximum absolute atomic E-state index is 13.4. The molecule has 3 N–H and O–H groups in total. The molecule has 0 aliphatic rings. The van der Waals surface area contributed by atoms with E-state index in [9.17, 15) is 24.5 Å². The average molecular weight is 572 g/mol. The van der Waals surface area contributed by atoms with Crippen molar-refractivity contribution >= 4 is 52.8 Å². The number of aryl methyl sites for hydroxylation is 1. The third-order valence-electron chi connectivity index (χ3n) is 5.62. The molecule has 3 aromatic carbocycles. The summed E-state index contributed by atoms with van der Waals surface area (Å²) in [7, 11) is 0. The molecule has 0 saturated heterocycles. The van der Waals surface area contributed by atoms with Gasteiger partial charge in [0.15, 0.2) is 5.82 Å². The highest BCUT2D eigenvalue weighted by atomic mass is 32.2. The van der Waals surface area contributed by atoms with Crippen LogP contribution < -0.4 is 16.0 Å². The van der Waals surface area contributed by atoms with Gasteiger partial charge in [0.2, 0.25) is 5.91 Å². The number of carbonyl (C=O) groups is 3. The zero-order valence-electron chi connectivity index (χ0n) is 22.0. The van der Waals surface area contributed by atoms with E-state index < -0.39 is 22.0 Å². The van der Waals surface area contributed by atoms with Gasteiger partial charge in [-0.3, -0.25) is 24.5 Å². The zero-order valence-corrected chi connectivity index (χ0v) is 22.8. The van der Waals surface area contributed by atoms with Gasteiger partial charge in [-0.2, -0.15) is 0 Å². The average Bonchev–Trinajstić information content (AvgIpc) is 3.37. The molecule has 11 nitrogen and oxygen atoms in total. The molecule has 0 aliphatic heterocycles. The first-order valence-electron chi connectivity index (χ1n) is 12.3. The number of thioether (sulfide) groups is 1. The van der Waals surface area contributed by atoms with Crippen LogP contribution in [0, 0.1) is 17.0 Å². The number of anilines is 2. The van der Waals surface area contributed by atoms with Crippen LogP contribution in [-0.2, 0) is 9.59 Å². The Morgan fingerprint density at radius 1 is 0.976 bits per heavy atom. The Labute approximate surface area is 239 Å². The van der Waals surface area contributed by atoms with Crippen LogP contribution in [0.5, 0.6) is 0 Å². The van der Waals surface area contributed by atoms with E-state index in [4.69, 9.17) is 4.52 Å². The van der Waals surface area contributed by atoms with Crippen LogP contribution in [0.25, 0.3) is 6.08 Å². The van der Waals surface area contributed by atoms with Gasteiger partial charge in [-0.05, 0) is 56.3 Å². The van der Waals surface area contributed by atoms with Crippen LogP contribution in [0.15, 0.2) is 100 Å². The summed E-state index contributed by atoms with van der Waals surface area (Å²) in [6, 6.07) is 22.6. The lowest BCUT2D eigenvalue weighted by atomic mass is 10.1. The monoisotopic (exact) mass is 571 g/mol. The van der Waals surface area contributed by atoms with Gasteiger partial charge in [0.05, 0.1) is 15.7 Å². The fourth-order valence-electron chi connectivity index (χ4n) is 3.63. The predicted molar refractivity (Wildman–Crippen MR) is 155 cm³/mol. The minimum Gasteiger partial charge on any atom is -0.360 e. The number of amides is 3. The molecule has 4 rings (SSSR count). The number of nitro benzene ring substituents is 1. The van der Waals surface area contributed by atoms with Crippen LogP contribution in [0.1, 0.15) is 28.6 Å². The van der Waals surface area contributed by atoms with Crippen molar-refractivity contribution in [1.82, 2.24) is 10.5 Å². The molecule has 1 aromatic heterocycles. The quantitative estimate of drug-likeness (QED) is 0.0986. The van der Waals surface area contributed by atoms with Crippen molar-refractivity contribution in [3.8, 4) is 0 Å². The van der Waals surface area contributed by atoms with Crippen molar-refractivity contribution in [3.05, 3.63) is 118 Å². The first kappa shape index (κ1) is 28.8. The Balaban J connectivity index is 1.53. The molecule has 12 heteroatoms. The molecule has 0 saturated carbocycles. The minimum absolute atomic E-state index is 0.141. The maximum atomic E-state index is 13.4. The number of hydrogen-bond acceptors (Lipinski definition) is 8. The number of nitrogens with zero attached hydrogens (tertiary/aromatic N) is 2. The molecular formula is C29H25N5O6S. The van der Waals surface area contributed by atoms with E-state index in [0.717, 1.165) is 0 Å². The molecule has 1 heterocycles. The van der Waals surface area contributed by atoms with Gasteiger partial charge in [-0.1, -0.05) is 41.6 Å². The van der Waals surface area contributed by atoms with Gasteiger partial charge < -0.3 is 20.5 Å². The first-order valence-corrected chi connectivity index (χ1v) is 13.2. The molecule has 4 aromatic rings. The van der Waals surface area contributed by atoms with E-state index in [0.29, 0.717) is 27.7 Å². The molecule has 1 unspecified atom stereocenters. The van der Waals surface area contributed by atoms with E-state index in [2.05, 4.69) is 21.1 Å². The normalized spacial score (nSPS) is 11.8. The number of carbonyl (C=O) groups excluding carboxylic acids is 3. The fraction of sp³-hybridized carbons (Fsp3) is 0.103. The van der Waals surface area contributed by atoms with Crippen LogP contribution in [0.2, 0.25) is 0 Å². The third kappa shape index (κ3) is 7.90. The van der Waals surface area contributed by atoms with Gasteiger partial charge in [-0.15, -0.1) is 11.8 Å². The number of aromatic nitrogens is 1. The summed E-state index contributed by atoms with van der Waals surface area (Å²) in [5, 5.41) is 22.8. The highest BCUT2D eigenvalue weighted by Gasteiger charge is 2.20. The predicted octanol–water partition coefficient (Wildman–Crippen LogP) is 5.42. The Morgan fingerprint density at radius 3 is 2.41 bits per heavy atom. The van der Waals surface area contributed by atoms with Crippen LogP contribution in [-0.4, -0.2) is 33.1 Å². The largest absolute Gasteiger partial charge is 0.360 e. The summed E-state index contributed by atoms with van der Waals surface area (Å²) in [4.78, 5) is 50.5. The Bertz CT molecular complexity index is 1620. The van der Waals surface area contributed by atoms with E-state index in [1.54, 1.807) is 80.6 Å². The number of nitrogens with one attached hydrogen (secondary N) is 3. The highest BCUT2D eigenvalue weighted by Crippen LogP contribution is 2.27. The van der Waals surface area contributed by atoms with E-state index in [1.165, 1.54) is 36.0 Å². The van der Waals surface area contributed by atoms with Crippen molar-refractivity contribution < 1.29 is 23.8 Å². The molecule has 3 amide bonds. The highest BCUT2D eigenvalue weighted by molar-refractivity contribution is 8.00. The Morgan fingerprint density at radius 2 is 1.71 bits per heavy atom. The molecule has 0 aliphatic carbocycles. The number of hydrogen-bond donors (Lipinski definition) is 3. The van der Waals surface area contributed by atoms with Crippen molar-refractivity contribution in [1.29, 1.82) is 0 Å². The smallest absolute Gasteiger partial charge is 0.276 e. The zero-order chi connectivity index (χ0) is 29.4. The second-order valence-electron chi connectivity index (χ2n) is 8.75. The Kier molecular flexibility index (Phi) is 9.28. The summed E-state index contributed by atoms with van der Waals surface area (Å²) < 4.78 is 4.96. The van der Waals surface area contributed by atoms with Gasteiger partial charge in [0.25, 0.3) is 17.5 Å². The summed E-state index contributed by atoms with van der Waals surface area (Å²) in [6.45, 7) is 3.44. The Hall–Kier alpha value is -5.23. The van der Waals surface area contributed by atoms with Crippen molar-refractivity contribution in [2.45, 2.75) is 24.0 Å². The fourth-order valence-corrected chi connectivity index (χ4v) is 4.56. The van der Waals surface area contributed by atoms with Crippen molar-refractivity contribution in [3.63, 3.8) is 0 Å².